The minimum absolute atomic E-state index is 0.178. The van der Waals surface area contributed by atoms with Gasteiger partial charge >= 0.3 is 34.4 Å². The zero-order valence-corrected chi connectivity index (χ0v) is 28.0. The molecule has 0 aromatic heterocycles. The molecule has 4 rings (SSSR count). The highest BCUT2D eigenvalue weighted by Gasteiger charge is 2.33. The van der Waals surface area contributed by atoms with Gasteiger partial charge in [0.1, 0.15) is 0 Å². The van der Waals surface area contributed by atoms with Gasteiger partial charge in [0.15, 0.2) is 0 Å². The molecule has 0 spiro atoms. The Bertz CT molecular complexity index is 489. The molecule has 2 unspecified atom stereocenters. The lowest BCUT2D eigenvalue weighted by molar-refractivity contribution is 0.187. The van der Waals surface area contributed by atoms with Gasteiger partial charge < -0.3 is 54.3 Å². The van der Waals surface area contributed by atoms with E-state index in [-0.39, 0.29) is 36.6 Å². The first-order chi connectivity index (χ1) is 18.1. The molecule has 4 fully saturated rings. The first-order valence-electron chi connectivity index (χ1n) is 13.1. The molecule has 0 amide bonds. The average Bonchev–Trinajstić information content (AvgIpc) is 3.63. The van der Waals surface area contributed by atoms with E-state index >= 15 is 0 Å². The minimum Gasteiger partial charge on any atom is -0.313 e. The Morgan fingerprint density at radius 2 is 0.632 bits per heavy atom. The highest BCUT2D eigenvalue weighted by molar-refractivity contribution is 7.42. The third-order valence-corrected chi connectivity index (χ3v) is 10.6. The molecule has 4 saturated heterocycles. The second-order valence-electron chi connectivity index (χ2n) is 8.10. The van der Waals surface area contributed by atoms with Crippen LogP contribution in [0.2, 0.25) is 0 Å². The van der Waals surface area contributed by atoms with E-state index in [0.717, 1.165) is 0 Å². The standard InChI is InChI=1S/3C6H13O3P.C4H9O3P/c3*1-4-7-10-8-5(2)6(3)9-10;1-2-5-8-6-3-4-7-8/h3*5-6H,4H2,1-3H3;2-4H2,1H3/t2*5-,6-;;/m10../s1. The molecule has 0 N–H and O–H groups in total. The summed E-state index contributed by atoms with van der Waals surface area (Å²) in [5, 5.41) is 0. The predicted octanol–water partition coefficient (Wildman–Crippen LogP) is 7.52. The molecule has 0 saturated carbocycles. The Kier molecular flexibility index (Phi) is 21.4. The second kappa shape index (κ2) is 21.9. The van der Waals surface area contributed by atoms with Gasteiger partial charge in [0, 0.05) is 0 Å². The van der Waals surface area contributed by atoms with Crippen LogP contribution in [0.4, 0.5) is 0 Å². The number of rotatable bonds is 8. The van der Waals surface area contributed by atoms with Crippen molar-refractivity contribution < 1.29 is 54.3 Å². The zero-order valence-electron chi connectivity index (χ0n) is 24.4. The van der Waals surface area contributed by atoms with Crippen LogP contribution in [0.1, 0.15) is 69.2 Å². The van der Waals surface area contributed by atoms with E-state index in [1.807, 2.05) is 69.2 Å². The van der Waals surface area contributed by atoms with Crippen LogP contribution in [0, 0.1) is 0 Å². The van der Waals surface area contributed by atoms with Crippen molar-refractivity contribution in [1.29, 1.82) is 0 Å². The van der Waals surface area contributed by atoms with Crippen LogP contribution in [-0.2, 0) is 54.3 Å². The van der Waals surface area contributed by atoms with Crippen molar-refractivity contribution in [2.75, 3.05) is 39.6 Å². The summed E-state index contributed by atoms with van der Waals surface area (Å²) in [4.78, 5) is 0. The maximum Gasteiger partial charge on any atom is 0.333 e. The topological polar surface area (TPSA) is 111 Å². The van der Waals surface area contributed by atoms with Crippen molar-refractivity contribution in [3.05, 3.63) is 0 Å². The molecule has 228 valence electrons. The molecule has 0 bridgehead atoms. The monoisotopic (exact) mass is 628 g/mol. The summed E-state index contributed by atoms with van der Waals surface area (Å²) < 4.78 is 62.5. The Morgan fingerprint density at radius 3 is 0.842 bits per heavy atom. The lowest BCUT2D eigenvalue weighted by atomic mass is 10.3. The average molecular weight is 629 g/mol. The van der Waals surface area contributed by atoms with Crippen LogP contribution in [0.15, 0.2) is 0 Å². The normalized spacial score (nSPS) is 33.8. The van der Waals surface area contributed by atoms with Crippen molar-refractivity contribution in [1.82, 2.24) is 0 Å². The van der Waals surface area contributed by atoms with Gasteiger partial charge in [0.05, 0.1) is 76.3 Å². The van der Waals surface area contributed by atoms with Gasteiger partial charge in [-0.05, 0) is 69.2 Å². The van der Waals surface area contributed by atoms with Gasteiger partial charge in [-0.2, -0.15) is 0 Å². The summed E-state index contributed by atoms with van der Waals surface area (Å²) >= 11 is 0. The second-order valence-corrected chi connectivity index (χ2v) is 12.7. The summed E-state index contributed by atoms with van der Waals surface area (Å²) in [7, 11) is -4.02. The fourth-order valence-corrected chi connectivity index (χ4v) is 7.03. The lowest BCUT2D eigenvalue weighted by Gasteiger charge is -2.04. The van der Waals surface area contributed by atoms with Gasteiger partial charge in [-0.15, -0.1) is 0 Å². The third-order valence-electron chi connectivity index (χ3n) is 4.91. The van der Waals surface area contributed by atoms with Crippen molar-refractivity contribution in [3.8, 4) is 0 Å². The molecule has 38 heavy (non-hydrogen) atoms. The van der Waals surface area contributed by atoms with E-state index in [1.54, 1.807) is 0 Å². The van der Waals surface area contributed by atoms with Crippen molar-refractivity contribution >= 4 is 34.4 Å². The highest BCUT2D eigenvalue weighted by atomic mass is 31.2. The molecule has 6 atom stereocenters. The molecule has 16 heteroatoms. The van der Waals surface area contributed by atoms with Gasteiger partial charge in [-0.25, -0.2) is 0 Å². The summed E-state index contributed by atoms with van der Waals surface area (Å²) in [6.07, 6.45) is 1.07. The Balaban J connectivity index is 0.000000254. The van der Waals surface area contributed by atoms with Crippen molar-refractivity contribution in [2.45, 2.75) is 106 Å². The molecule has 12 nitrogen and oxygen atoms in total. The molecular formula is C22H48O12P4. The molecule has 0 aromatic carbocycles. The van der Waals surface area contributed by atoms with E-state index in [1.165, 1.54) is 0 Å². The smallest absolute Gasteiger partial charge is 0.313 e. The quantitative estimate of drug-likeness (QED) is 0.248. The van der Waals surface area contributed by atoms with Gasteiger partial charge in [-0.1, -0.05) is 0 Å². The molecule has 0 aliphatic carbocycles. The largest absolute Gasteiger partial charge is 0.333 e. The van der Waals surface area contributed by atoms with E-state index in [2.05, 4.69) is 0 Å². The van der Waals surface area contributed by atoms with Crippen molar-refractivity contribution in [3.63, 3.8) is 0 Å². The van der Waals surface area contributed by atoms with Crippen LogP contribution in [-0.4, -0.2) is 76.3 Å². The Hall–Kier alpha value is 1.24. The van der Waals surface area contributed by atoms with E-state index < -0.39 is 34.4 Å². The van der Waals surface area contributed by atoms with Gasteiger partial charge in [0.25, 0.3) is 0 Å². The summed E-state index contributed by atoms with van der Waals surface area (Å²) in [6, 6.07) is 0. The fourth-order valence-electron chi connectivity index (χ4n) is 2.34. The minimum atomic E-state index is -1.02. The molecular weight excluding hydrogens is 580 g/mol. The van der Waals surface area contributed by atoms with Gasteiger partial charge in [0.2, 0.25) is 0 Å². The SMILES string of the molecule is CCOP1OC(C)C(C)O1.CCOP1OCCO1.CCOP1O[C@@H](C)[C@H](C)O1.CCOP1O[C@H](C)[C@@H](C)O1. The summed E-state index contributed by atoms with van der Waals surface area (Å²) in [5.74, 6) is 0. The third kappa shape index (κ3) is 15.5. The molecule has 4 heterocycles. The van der Waals surface area contributed by atoms with Crippen LogP contribution in [0.25, 0.3) is 0 Å². The maximum atomic E-state index is 5.33. The maximum absolute atomic E-state index is 5.33. The van der Waals surface area contributed by atoms with Gasteiger partial charge in [-0.3, -0.25) is 0 Å². The summed E-state index contributed by atoms with van der Waals surface area (Å²) in [5.41, 5.74) is 0. The first-order valence-corrected chi connectivity index (χ1v) is 17.5. The highest BCUT2D eigenvalue weighted by Crippen LogP contribution is 2.50. The lowest BCUT2D eigenvalue weighted by Crippen LogP contribution is -2.13. The zero-order chi connectivity index (χ0) is 28.5. The van der Waals surface area contributed by atoms with Crippen LogP contribution < -0.4 is 0 Å². The molecule has 0 aromatic rings. The molecule has 4 aliphatic heterocycles. The van der Waals surface area contributed by atoms with Crippen LogP contribution in [0.5, 0.6) is 0 Å². The predicted molar refractivity (Wildman–Crippen MR) is 149 cm³/mol. The Labute approximate surface area is 234 Å². The molecule has 4 aliphatic rings. The fraction of sp³-hybridized carbons (Fsp3) is 1.00. The number of hydrogen-bond acceptors (Lipinski definition) is 12. The van der Waals surface area contributed by atoms with Crippen LogP contribution in [0.3, 0.4) is 0 Å². The molecule has 0 radical (unpaired) electrons. The van der Waals surface area contributed by atoms with Crippen molar-refractivity contribution in [2.24, 2.45) is 0 Å². The van der Waals surface area contributed by atoms with Crippen LogP contribution >= 0.6 is 34.4 Å². The van der Waals surface area contributed by atoms with E-state index in [9.17, 15) is 0 Å². The first kappa shape index (κ1) is 37.3. The van der Waals surface area contributed by atoms with E-state index in [4.69, 9.17) is 54.3 Å². The summed E-state index contributed by atoms with van der Waals surface area (Å²) in [6.45, 7) is 23.7. The number of hydrogen-bond donors (Lipinski definition) is 0. The Morgan fingerprint density at radius 1 is 0.421 bits per heavy atom. The van der Waals surface area contributed by atoms with E-state index in [0.29, 0.717) is 39.6 Å².